The Hall–Kier alpha value is -1.22. The molecule has 0 bridgehead atoms. The SMILES string of the molecule is CC(C)CC1(CNC(=O)c2cccc(N)c2)CCC1.Cl. The number of amides is 1. The lowest BCUT2D eigenvalue weighted by atomic mass is 9.64. The molecule has 2 rings (SSSR count). The molecule has 112 valence electrons. The minimum absolute atomic E-state index is 0. The molecule has 0 radical (unpaired) electrons. The zero-order chi connectivity index (χ0) is 13.9. The topological polar surface area (TPSA) is 55.1 Å². The predicted molar refractivity (Wildman–Crippen MR) is 86.2 cm³/mol. The van der Waals surface area contributed by atoms with Crippen LogP contribution in [0.3, 0.4) is 0 Å². The molecule has 0 aliphatic heterocycles. The molecule has 0 unspecified atom stereocenters. The third-order valence-corrected chi connectivity index (χ3v) is 4.03. The van der Waals surface area contributed by atoms with Crippen LogP contribution in [0.25, 0.3) is 0 Å². The molecule has 1 aliphatic carbocycles. The van der Waals surface area contributed by atoms with Gasteiger partial charge in [-0.3, -0.25) is 4.79 Å². The van der Waals surface area contributed by atoms with Crippen LogP contribution in [0, 0.1) is 11.3 Å². The number of nitrogens with two attached hydrogens (primary N) is 1. The molecule has 3 N–H and O–H groups in total. The van der Waals surface area contributed by atoms with Gasteiger partial charge in [-0.2, -0.15) is 0 Å². The Kier molecular flexibility index (Phi) is 5.88. The van der Waals surface area contributed by atoms with E-state index in [-0.39, 0.29) is 18.3 Å². The second-order valence-corrected chi connectivity index (χ2v) is 6.26. The second kappa shape index (κ2) is 6.98. The third-order valence-electron chi connectivity index (χ3n) is 4.03. The quantitative estimate of drug-likeness (QED) is 0.815. The van der Waals surface area contributed by atoms with E-state index < -0.39 is 0 Å². The highest BCUT2D eigenvalue weighted by Gasteiger charge is 2.37. The van der Waals surface area contributed by atoms with E-state index in [1.165, 1.54) is 25.7 Å². The Morgan fingerprint density at radius 1 is 1.40 bits per heavy atom. The molecule has 3 nitrogen and oxygen atoms in total. The van der Waals surface area contributed by atoms with Gasteiger partial charge in [-0.25, -0.2) is 0 Å². The van der Waals surface area contributed by atoms with Gasteiger partial charge in [-0.05, 0) is 48.8 Å². The van der Waals surface area contributed by atoms with Crippen molar-refractivity contribution in [2.45, 2.75) is 39.5 Å². The van der Waals surface area contributed by atoms with Crippen LogP contribution >= 0.6 is 12.4 Å². The van der Waals surface area contributed by atoms with Gasteiger partial charge in [0, 0.05) is 17.8 Å². The molecular weight excluding hydrogens is 272 g/mol. The highest BCUT2D eigenvalue weighted by atomic mass is 35.5. The summed E-state index contributed by atoms with van der Waals surface area (Å²) in [4.78, 5) is 12.1. The van der Waals surface area contributed by atoms with Crippen molar-refractivity contribution < 1.29 is 4.79 Å². The van der Waals surface area contributed by atoms with Crippen molar-refractivity contribution in [3.05, 3.63) is 29.8 Å². The maximum Gasteiger partial charge on any atom is 0.251 e. The molecule has 1 aromatic carbocycles. The van der Waals surface area contributed by atoms with E-state index in [0.717, 1.165) is 6.54 Å². The standard InChI is InChI=1S/C16H24N2O.ClH/c1-12(2)10-16(7-4-8-16)11-18-15(19)13-5-3-6-14(17)9-13;/h3,5-6,9,12H,4,7-8,10-11,17H2,1-2H3,(H,18,19);1H. The number of hydrogen-bond acceptors (Lipinski definition) is 2. The molecule has 0 atom stereocenters. The van der Waals surface area contributed by atoms with E-state index in [0.29, 0.717) is 22.6 Å². The minimum Gasteiger partial charge on any atom is -0.399 e. The highest BCUT2D eigenvalue weighted by molar-refractivity contribution is 5.95. The zero-order valence-electron chi connectivity index (χ0n) is 12.3. The fraction of sp³-hybridized carbons (Fsp3) is 0.562. The molecule has 1 saturated carbocycles. The van der Waals surface area contributed by atoms with Gasteiger partial charge in [-0.15, -0.1) is 12.4 Å². The van der Waals surface area contributed by atoms with Crippen LogP contribution in [-0.2, 0) is 0 Å². The van der Waals surface area contributed by atoms with Crippen LogP contribution in [0.2, 0.25) is 0 Å². The van der Waals surface area contributed by atoms with Crippen molar-refractivity contribution in [3.8, 4) is 0 Å². The van der Waals surface area contributed by atoms with E-state index in [1.54, 1.807) is 12.1 Å². The molecule has 1 aromatic rings. The van der Waals surface area contributed by atoms with E-state index in [9.17, 15) is 4.79 Å². The Morgan fingerprint density at radius 2 is 2.10 bits per heavy atom. The number of rotatable bonds is 5. The average molecular weight is 297 g/mol. The normalized spacial score (nSPS) is 16.1. The van der Waals surface area contributed by atoms with Crippen LogP contribution in [0.1, 0.15) is 49.9 Å². The average Bonchev–Trinajstić information content (AvgIpc) is 2.31. The van der Waals surface area contributed by atoms with Crippen LogP contribution in [-0.4, -0.2) is 12.5 Å². The van der Waals surface area contributed by atoms with Gasteiger partial charge in [0.15, 0.2) is 0 Å². The molecule has 0 saturated heterocycles. The zero-order valence-corrected chi connectivity index (χ0v) is 13.1. The van der Waals surface area contributed by atoms with E-state index in [4.69, 9.17) is 5.73 Å². The number of anilines is 1. The van der Waals surface area contributed by atoms with Gasteiger partial charge < -0.3 is 11.1 Å². The number of carbonyl (C=O) groups excluding carboxylic acids is 1. The predicted octanol–water partition coefficient (Wildman–Crippen LogP) is 3.64. The molecular formula is C16H25ClN2O. The lowest BCUT2D eigenvalue weighted by Crippen LogP contribution is -2.43. The fourth-order valence-electron chi connectivity index (χ4n) is 3.05. The summed E-state index contributed by atoms with van der Waals surface area (Å²) in [5.74, 6) is 0.673. The van der Waals surface area contributed by atoms with Crippen molar-refractivity contribution in [3.63, 3.8) is 0 Å². The van der Waals surface area contributed by atoms with Crippen molar-refractivity contribution >= 4 is 24.0 Å². The number of hydrogen-bond donors (Lipinski definition) is 2. The molecule has 0 aromatic heterocycles. The largest absolute Gasteiger partial charge is 0.399 e. The summed E-state index contributed by atoms with van der Waals surface area (Å²) in [5.41, 5.74) is 7.32. The van der Waals surface area contributed by atoms with Crippen LogP contribution in [0.15, 0.2) is 24.3 Å². The Bertz CT molecular complexity index is 456. The van der Waals surface area contributed by atoms with Crippen molar-refractivity contribution in [2.24, 2.45) is 11.3 Å². The molecule has 1 amide bonds. The van der Waals surface area contributed by atoms with E-state index in [2.05, 4.69) is 19.2 Å². The molecule has 0 heterocycles. The maximum absolute atomic E-state index is 12.1. The van der Waals surface area contributed by atoms with Gasteiger partial charge in [-0.1, -0.05) is 26.3 Å². The summed E-state index contributed by atoms with van der Waals surface area (Å²) in [6, 6.07) is 7.15. The van der Waals surface area contributed by atoms with Crippen molar-refractivity contribution in [1.82, 2.24) is 5.32 Å². The minimum atomic E-state index is -0.0117. The van der Waals surface area contributed by atoms with Gasteiger partial charge in [0.2, 0.25) is 0 Å². The molecule has 4 heteroatoms. The summed E-state index contributed by atoms with van der Waals surface area (Å²) < 4.78 is 0. The molecule has 20 heavy (non-hydrogen) atoms. The first kappa shape index (κ1) is 16.8. The second-order valence-electron chi connectivity index (χ2n) is 6.26. The summed E-state index contributed by atoms with van der Waals surface area (Å²) >= 11 is 0. The lowest BCUT2D eigenvalue weighted by Gasteiger charge is -2.43. The summed E-state index contributed by atoms with van der Waals surface area (Å²) in [7, 11) is 0. The number of carbonyl (C=O) groups is 1. The Balaban J connectivity index is 0.00000200. The van der Waals surface area contributed by atoms with Crippen LogP contribution in [0.5, 0.6) is 0 Å². The number of halogens is 1. The number of benzene rings is 1. The van der Waals surface area contributed by atoms with Gasteiger partial charge in [0.25, 0.3) is 5.91 Å². The fourth-order valence-corrected chi connectivity index (χ4v) is 3.05. The maximum atomic E-state index is 12.1. The molecule has 0 spiro atoms. The lowest BCUT2D eigenvalue weighted by molar-refractivity contribution is 0.0781. The van der Waals surface area contributed by atoms with E-state index >= 15 is 0 Å². The Morgan fingerprint density at radius 3 is 2.60 bits per heavy atom. The van der Waals surface area contributed by atoms with E-state index in [1.807, 2.05) is 12.1 Å². The first-order chi connectivity index (χ1) is 9.01. The Labute approximate surface area is 127 Å². The van der Waals surface area contributed by atoms with Gasteiger partial charge in [0.05, 0.1) is 0 Å². The molecule has 1 aliphatic rings. The monoisotopic (exact) mass is 296 g/mol. The first-order valence-electron chi connectivity index (χ1n) is 7.14. The van der Waals surface area contributed by atoms with Crippen LogP contribution < -0.4 is 11.1 Å². The van der Waals surface area contributed by atoms with Crippen molar-refractivity contribution in [1.29, 1.82) is 0 Å². The number of nitrogens with one attached hydrogen (secondary N) is 1. The molecule has 1 fully saturated rings. The number of nitrogen functional groups attached to an aromatic ring is 1. The smallest absolute Gasteiger partial charge is 0.251 e. The van der Waals surface area contributed by atoms with Crippen LogP contribution in [0.4, 0.5) is 5.69 Å². The summed E-state index contributed by atoms with van der Waals surface area (Å²) in [6.45, 7) is 5.29. The van der Waals surface area contributed by atoms with Gasteiger partial charge in [0.1, 0.15) is 0 Å². The summed E-state index contributed by atoms with van der Waals surface area (Å²) in [6.07, 6.45) is 4.97. The first-order valence-corrected chi connectivity index (χ1v) is 7.14. The summed E-state index contributed by atoms with van der Waals surface area (Å²) in [5, 5.41) is 3.08. The van der Waals surface area contributed by atoms with Gasteiger partial charge >= 0.3 is 0 Å². The van der Waals surface area contributed by atoms with Crippen molar-refractivity contribution in [2.75, 3.05) is 12.3 Å². The highest BCUT2D eigenvalue weighted by Crippen LogP contribution is 2.45. The third kappa shape index (κ3) is 4.14.